The van der Waals surface area contributed by atoms with Gasteiger partial charge in [-0.2, -0.15) is 5.10 Å². The summed E-state index contributed by atoms with van der Waals surface area (Å²) in [7, 11) is 0. The van der Waals surface area contributed by atoms with E-state index in [-0.39, 0.29) is 5.91 Å². The summed E-state index contributed by atoms with van der Waals surface area (Å²) in [5, 5.41) is 7.20. The normalized spacial score (nSPS) is 14.2. The fourth-order valence-electron chi connectivity index (χ4n) is 2.36. The van der Waals surface area contributed by atoms with E-state index in [2.05, 4.69) is 31.3 Å². The highest BCUT2D eigenvalue weighted by Gasteiger charge is 2.26. The monoisotopic (exact) mass is 356 g/mol. The number of anilines is 1. The van der Waals surface area contributed by atoms with E-state index in [4.69, 9.17) is 0 Å². The number of halogens is 1. The van der Waals surface area contributed by atoms with Crippen LogP contribution in [0.3, 0.4) is 0 Å². The molecule has 0 spiro atoms. The smallest absolute Gasteiger partial charge is 0.276 e. The second kappa shape index (κ2) is 5.21. The minimum Gasteiger partial charge on any atom is -0.321 e. The number of carbonyl (C=O) groups is 1. The number of aromatic nitrogens is 3. The summed E-state index contributed by atoms with van der Waals surface area (Å²) in [6.07, 6.45) is 4.31. The fraction of sp³-hybridized carbons (Fsp3) is 0.188. The minimum absolute atomic E-state index is 0.235. The Bertz CT molecular complexity index is 869. The van der Waals surface area contributed by atoms with Crippen LogP contribution >= 0.6 is 15.9 Å². The molecule has 1 N–H and O–H groups in total. The maximum absolute atomic E-state index is 12.3. The third-order valence-corrected chi connectivity index (χ3v) is 4.14. The highest BCUT2D eigenvalue weighted by Crippen LogP contribution is 2.39. The molecule has 3 aromatic rings. The van der Waals surface area contributed by atoms with Crippen molar-refractivity contribution in [2.45, 2.75) is 18.8 Å². The molecule has 0 bridgehead atoms. The molecular weight excluding hydrogens is 344 g/mol. The molecule has 0 unspecified atom stereocenters. The summed E-state index contributed by atoms with van der Waals surface area (Å²) in [5.41, 5.74) is 2.94. The minimum atomic E-state index is -0.235. The molecule has 110 valence electrons. The Morgan fingerprint density at radius 1 is 1.27 bits per heavy atom. The third kappa shape index (κ3) is 2.62. The number of imidazole rings is 1. The zero-order valence-electron chi connectivity index (χ0n) is 11.7. The van der Waals surface area contributed by atoms with Crippen LogP contribution in [0.25, 0.3) is 5.65 Å². The van der Waals surface area contributed by atoms with Crippen molar-refractivity contribution in [1.82, 2.24) is 14.6 Å². The molecule has 1 saturated carbocycles. The average molecular weight is 357 g/mol. The van der Waals surface area contributed by atoms with E-state index < -0.39 is 0 Å². The van der Waals surface area contributed by atoms with Crippen molar-refractivity contribution in [3.8, 4) is 0 Å². The van der Waals surface area contributed by atoms with Crippen molar-refractivity contribution < 1.29 is 4.79 Å². The highest BCUT2D eigenvalue weighted by molar-refractivity contribution is 9.10. The van der Waals surface area contributed by atoms with Crippen molar-refractivity contribution in [3.05, 3.63) is 58.5 Å². The van der Waals surface area contributed by atoms with Gasteiger partial charge in [0.05, 0.1) is 11.9 Å². The second-order valence-corrected chi connectivity index (χ2v) is 6.34. The molecule has 22 heavy (non-hydrogen) atoms. The van der Waals surface area contributed by atoms with Crippen LogP contribution in [-0.4, -0.2) is 20.5 Å². The largest absolute Gasteiger partial charge is 0.321 e. The van der Waals surface area contributed by atoms with Crippen LogP contribution in [0.4, 0.5) is 5.69 Å². The molecular formula is C16H13BrN4O. The number of fused-ring (bicyclic) bond motifs is 1. The lowest BCUT2D eigenvalue weighted by Gasteiger charge is -2.05. The second-order valence-electron chi connectivity index (χ2n) is 5.43. The number of benzene rings is 1. The van der Waals surface area contributed by atoms with E-state index >= 15 is 0 Å². The summed E-state index contributed by atoms with van der Waals surface area (Å²) in [4.78, 5) is 16.8. The predicted octanol–water partition coefficient (Wildman–Crippen LogP) is 3.62. The number of hydrogen-bond donors (Lipinski definition) is 1. The summed E-state index contributed by atoms with van der Waals surface area (Å²) >= 11 is 3.38. The first-order chi connectivity index (χ1) is 10.7. The lowest BCUT2D eigenvalue weighted by atomic mass is 10.3. The van der Waals surface area contributed by atoms with E-state index in [9.17, 15) is 4.79 Å². The third-order valence-electron chi connectivity index (χ3n) is 3.65. The van der Waals surface area contributed by atoms with Crippen LogP contribution in [0, 0.1) is 0 Å². The van der Waals surface area contributed by atoms with E-state index in [1.54, 1.807) is 10.6 Å². The molecule has 1 amide bonds. The van der Waals surface area contributed by atoms with Crippen LogP contribution in [-0.2, 0) is 0 Å². The van der Waals surface area contributed by atoms with Crippen LogP contribution in [0.15, 0.2) is 47.1 Å². The van der Waals surface area contributed by atoms with Gasteiger partial charge < -0.3 is 5.32 Å². The standard InChI is InChI=1S/C16H13BrN4O/c17-11-2-1-3-12(8-11)18-16(22)13-6-7-15-19-14(10-4-5-10)9-21(15)20-13/h1-3,6-10H,4-5H2,(H,18,22). The van der Waals surface area contributed by atoms with Gasteiger partial charge in [0.25, 0.3) is 5.91 Å². The number of rotatable bonds is 3. The molecule has 4 rings (SSSR count). The van der Waals surface area contributed by atoms with E-state index in [0.717, 1.165) is 21.5 Å². The fourth-order valence-corrected chi connectivity index (χ4v) is 2.76. The van der Waals surface area contributed by atoms with E-state index in [1.165, 1.54) is 12.8 Å². The maximum atomic E-state index is 12.3. The molecule has 0 saturated heterocycles. The Hall–Kier alpha value is -2.21. The Morgan fingerprint density at radius 3 is 2.91 bits per heavy atom. The number of hydrogen-bond acceptors (Lipinski definition) is 3. The summed E-state index contributed by atoms with van der Waals surface area (Å²) in [5.74, 6) is 0.335. The van der Waals surface area contributed by atoms with Gasteiger partial charge in [0.15, 0.2) is 5.65 Å². The molecule has 2 aromatic heterocycles. The van der Waals surface area contributed by atoms with Gasteiger partial charge in [0.2, 0.25) is 0 Å². The van der Waals surface area contributed by atoms with Crippen molar-refractivity contribution in [2.75, 3.05) is 5.32 Å². The van der Waals surface area contributed by atoms with Crippen LogP contribution in [0.2, 0.25) is 0 Å². The van der Waals surface area contributed by atoms with Crippen molar-refractivity contribution in [3.63, 3.8) is 0 Å². The first-order valence-corrected chi connectivity index (χ1v) is 7.91. The van der Waals surface area contributed by atoms with Gasteiger partial charge >= 0.3 is 0 Å². The van der Waals surface area contributed by atoms with Crippen LogP contribution < -0.4 is 5.32 Å². The summed E-state index contributed by atoms with van der Waals surface area (Å²) in [6.45, 7) is 0. The molecule has 1 fully saturated rings. The van der Waals surface area contributed by atoms with Crippen molar-refractivity contribution >= 4 is 33.2 Å². The Labute approximate surface area is 135 Å². The summed E-state index contributed by atoms with van der Waals surface area (Å²) in [6, 6.07) is 11.0. The van der Waals surface area contributed by atoms with Crippen LogP contribution in [0.1, 0.15) is 34.9 Å². The van der Waals surface area contributed by atoms with Gasteiger partial charge in [0.1, 0.15) is 5.69 Å². The number of nitrogens with zero attached hydrogens (tertiary/aromatic N) is 3. The molecule has 0 radical (unpaired) electrons. The molecule has 1 aliphatic carbocycles. The Morgan fingerprint density at radius 2 is 2.14 bits per heavy atom. The number of carbonyl (C=O) groups excluding carboxylic acids is 1. The zero-order chi connectivity index (χ0) is 15.1. The molecule has 1 aromatic carbocycles. The Kier molecular flexibility index (Phi) is 3.18. The number of amides is 1. The lowest BCUT2D eigenvalue weighted by molar-refractivity contribution is 0.102. The number of nitrogens with one attached hydrogen (secondary N) is 1. The van der Waals surface area contributed by atoms with Crippen molar-refractivity contribution in [2.24, 2.45) is 0 Å². The zero-order valence-corrected chi connectivity index (χ0v) is 13.2. The van der Waals surface area contributed by atoms with Crippen LogP contribution in [0.5, 0.6) is 0 Å². The summed E-state index contributed by atoms with van der Waals surface area (Å²) < 4.78 is 2.60. The molecule has 0 aliphatic heterocycles. The van der Waals surface area contributed by atoms with Gasteiger partial charge in [0, 0.05) is 16.1 Å². The molecule has 1 aliphatic rings. The lowest BCUT2D eigenvalue weighted by Crippen LogP contribution is -2.15. The van der Waals surface area contributed by atoms with Crippen molar-refractivity contribution in [1.29, 1.82) is 0 Å². The maximum Gasteiger partial charge on any atom is 0.276 e. The molecule has 6 heteroatoms. The van der Waals surface area contributed by atoms with E-state index in [1.807, 2.05) is 36.5 Å². The first-order valence-electron chi connectivity index (χ1n) is 7.12. The molecule has 0 atom stereocenters. The van der Waals surface area contributed by atoms with Gasteiger partial charge in [-0.05, 0) is 43.2 Å². The van der Waals surface area contributed by atoms with Gasteiger partial charge in [-0.3, -0.25) is 4.79 Å². The Balaban J connectivity index is 1.60. The van der Waals surface area contributed by atoms with E-state index in [0.29, 0.717) is 11.6 Å². The first kappa shape index (κ1) is 13.5. The SMILES string of the molecule is O=C(Nc1cccc(Br)c1)c1ccc2nc(C3CC3)cn2n1. The van der Waals surface area contributed by atoms with Gasteiger partial charge in [-0.25, -0.2) is 9.50 Å². The average Bonchev–Trinajstić information content (AvgIpc) is 3.26. The topological polar surface area (TPSA) is 59.3 Å². The highest BCUT2D eigenvalue weighted by atomic mass is 79.9. The quantitative estimate of drug-likeness (QED) is 0.779. The van der Waals surface area contributed by atoms with Gasteiger partial charge in [-0.15, -0.1) is 0 Å². The molecule has 2 heterocycles. The van der Waals surface area contributed by atoms with Gasteiger partial charge in [-0.1, -0.05) is 22.0 Å². The predicted molar refractivity (Wildman–Crippen MR) is 87.1 cm³/mol. The molecule has 5 nitrogen and oxygen atoms in total.